The molecule has 1 aliphatic carbocycles. The van der Waals surface area contributed by atoms with Crippen LogP contribution in [-0.4, -0.2) is 48.6 Å². The number of primary amides is 1. The zero-order chi connectivity index (χ0) is 26.5. The van der Waals surface area contributed by atoms with E-state index in [9.17, 15) is 9.59 Å². The van der Waals surface area contributed by atoms with Gasteiger partial charge in [-0.3, -0.25) is 14.3 Å². The number of aromatic nitrogens is 5. The Morgan fingerprint density at radius 2 is 2.00 bits per heavy atom. The highest BCUT2D eigenvalue weighted by Crippen LogP contribution is 2.38. The van der Waals surface area contributed by atoms with E-state index in [4.69, 9.17) is 10.7 Å². The van der Waals surface area contributed by atoms with Gasteiger partial charge in [-0.25, -0.2) is 9.97 Å². The summed E-state index contributed by atoms with van der Waals surface area (Å²) < 4.78 is 3.77. The Balaban J connectivity index is 1.34. The average Bonchev–Trinajstić information content (AvgIpc) is 3.47. The Hall–Kier alpha value is -3.69. The molecule has 37 heavy (non-hydrogen) atoms. The third kappa shape index (κ3) is 4.84. The van der Waals surface area contributed by atoms with Crippen molar-refractivity contribution in [1.29, 1.82) is 0 Å². The van der Waals surface area contributed by atoms with Crippen LogP contribution in [0.2, 0.25) is 0 Å². The van der Waals surface area contributed by atoms with Crippen LogP contribution in [0.1, 0.15) is 72.3 Å². The molecule has 1 saturated heterocycles. The number of nitrogens with zero attached hydrogens (tertiary/aromatic N) is 6. The Morgan fingerprint density at radius 1 is 1.22 bits per heavy atom. The summed E-state index contributed by atoms with van der Waals surface area (Å²) >= 11 is 0. The van der Waals surface area contributed by atoms with E-state index in [1.807, 2.05) is 14.1 Å². The van der Waals surface area contributed by atoms with Gasteiger partial charge in [-0.15, -0.1) is 0 Å². The second-order valence-corrected chi connectivity index (χ2v) is 11.4. The molecular formula is C27H36N8O2. The number of fused-ring (bicyclic) bond motifs is 1. The average molecular weight is 505 g/mol. The fourth-order valence-electron chi connectivity index (χ4n) is 5.96. The van der Waals surface area contributed by atoms with Crippen LogP contribution in [0.15, 0.2) is 24.7 Å². The first kappa shape index (κ1) is 25.0. The summed E-state index contributed by atoms with van der Waals surface area (Å²) in [6.07, 6.45) is 9.47. The molecule has 3 aromatic heterocycles. The van der Waals surface area contributed by atoms with Gasteiger partial charge in [0.1, 0.15) is 5.82 Å². The topological polar surface area (TPSA) is 124 Å². The largest absolute Gasteiger partial charge is 0.364 e. The SMILES string of the molecule is C[C@@H]1[C@H](CC(=O)c2cc3c(n2C)CC(C)(C)C3)CCCN1c1cnc(C(N)=O)c(Nc2cnn(C)c2)n1. The van der Waals surface area contributed by atoms with Crippen molar-refractivity contribution in [3.05, 3.63) is 47.3 Å². The lowest BCUT2D eigenvalue weighted by Gasteiger charge is -2.40. The second kappa shape index (κ2) is 9.32. The number of carbonyl (C=O) groups is 2. The van der Waals surface area contributed by atoms with E-state index in [2.05, 4.69) is 51.7 Å². The van der Waals surface area contributed by atoms with Crippen molar-refractivity contribution in [3.63, 3.8) is 0 Å². The predicted octanol–water partition coefficient (Wildman–Crippen LogP) is 3.39. The molecule has 0 spiro atoms. The molecule has 4 heterocycles. The third-order valence-electron chi connectivity index (χ3n) is 7.90. The first-order valence-electron chi connectivity index (χ1n) is 12.9. The van der Waals surface area contributed by atoms with Crippen molar-refractivity contribution < 1.29 is 9.59 Å². The zero-order valence-electron chi connectivity index (χ0n) is 22.3. The number of hydrogen-bond donors (Lipinski definition) is 2. The number of nitrogens with two attached hydrogens (primary N) is 1. The molecule has 5 rings (SSSR count). The molecule has 10 nitrogen and oxygen atoms in total. The van der Waals surface area contributed by atoms with E-state index >= 15 is 0 Å². The van der Waals surface area contributed by atoms with Crippen LogP contribution in [0.4, 0.5) is 17.3 Å². The summed E-state index contributed by atoms with van der Waals surface area (Å²) in [7, 11) is 3.83. The van der Waals surface area contributed by atoms with Crippen LogP contribution in [0, 0.1) is 11.3 Å². The van der Waals surface area contributed by atoms with Crippen LogP contribution >= 0.6 is 0 Å². The van der Waals surface area contributed by atoms with Gasteiger partial charge in [-0.1, -0.05) is 13.8 Å². The molecule has 2 aliphatic rings. The normalized spacial score (nSPS) is 20.6. The molecular weight excluding hydrogens is 468 g/mol. The monoisotopic (exact) mass is 504 g/mol. The molecule has 0 saturated carbocycles. The van der Waals surface area contributed by atoms with Crippen LogP contribution < -0.4 is 16.0 Å². The van der Waals surface area contributed by atoms with E-state index < -0.39 is 5.91 Å². The summed E-state index contributed by atoms with van der Waals surface area (Å²) in [5.74, 6) is 0.682. The maximum atomic E-state index is 13.4. The Morgan fingerprint density at radius 3 is 2.68 bits per heavy atom. The fourth-order valence-corrected chi connectivity index (χ4v) is 5.96. The van der Waals surface area contributed by atoms with E-state index in [1.54, 1.807) is 23.3 Å². The number of aryl methyl sites for hydroxylation is 1. The minimum atomic E-state index is -0.654. The maximum Gasteiger partial charge on any atom is 0.271 e. The van der Waals surface area contributed by atoms with Gasteiger partial charge in [0.2, 0.25) is 0 Å². The van der Waals surface area contributed by atoms with Crippen molar-refractivity contribution in [1.82, 2.24) is 24.3 Å². The molecule has 2 atom stereocenters. The highest BCUT2D eigenvalue weighted by Gasteiger charge is 2.35. The zero-order valence-corrected chi connectivity index (χ0v) is 22.3. The van der Waals surface area contributed by atoms with Gasteiger partial charge in [0.05, 0.1) is 23.8 Å². The Kier molecular flexibility index (Phi) is 6.29. The summed E-state index contributed by atoms with van der Waals surface area (Å²) in [4.78, 5) is 36.7. The van der Waals surface area contributed by atoms with Gasteiger partial charge in [-0.05, 0) is 55.6 Å². The first-order valence-corrected chi connectivity index (χ1v) is 12.9. The van der Waals surface area contributed by atoms with Gasteiger partial charge >= 0.3 is 0 Å². The van der Waals surface area contributed by atoms with Gasteiger partial charge in [0.25, 0.3) is 5.91 Å². The Bertz CT molecular complexity index is 1350. The van der Waals surface area contributed by atoms with Crippen molar-refractivity contribution in [2.75, 3.05) is 16.8 Å². The van der Waals surface area contributed by atoms with Gasteiger partial charge in [-0.2, -0.15) is 5.10 Å². The number of hydrogen-bond acceptors (Lipinski definition) is 7. The van der Waals surface area contributed by atoms with Crippen LogP contribution in [0.25, 0.3) is 0 Å². The summed E-state index contributed by atoms with van der Waals surface area (Å²) in [5.41, 5.74) is 10.0. The predicted molar refractivity (Wildman–Crippen MR) is 142 cm³/mol. The number of piperidine rings is 1. The number of anilines is 3. The van der Waals surface area contributed by atoms with Gasteiger partial charge < -0.3 is 20.5 Å². The van der Waals surface area contributed by atoms with Crippen LogP contribution in [0.5, 0.6) is 0 Å². The highest BCUT2D eigenvalue weighted by atomic mass is 16.1. The number of ketones is 1. The molecule has 196 valence electrons. The number of rotatable bonds is 7. The summed E-state index contributed by atoms with van der Waals surface area (Å²) in [6, 6.07) is 2.20. The van der Waals surface area contributed by atoms with Crippen molar-refractivity contribution in [2.24, 2.45) is 31.2 Å². The second-order valence-electron chi connectivity index (χ2n) is 11.4. The van der Waals surface area contributed by atoms with E-state index in [0.717, 1.165) is 37.9 Å². The molecule has 0 bridgehead atoms. The van der Waals surface area contributed by atoms with E-state index in [0.29, 0.717) is 23.7 Å². The Labute approximate surface area is 217 Å². The van der Waals surface area contributed by atoms with Gasteiger partial charge in [0.15, 0.2) is 17.3 Å². The summed E-state index contributed by atoms with van der Waals surface area (Å²) in [6.45, 7) is 7.51. The molecule has 1 amide bonds. The van der Waals surface area contributed by atoms with Crippen molar-refractivity contribution in [3.8, 4) is 0 Å². The van der Waals surface area contributed by atoms with Crippen LogP contribution in [-0.2, 0) is 26.9 Å². The number of Topliss-reactive ketones (excluding diaryl/α,β-unsaturated/α-hetero) is 1. The van der Waals surface area contributed by atoms with E-state index in [-0.39, 0.29) is 28.9 Å². The first-order chi connectivity index (χ1) is 17.5. The highest BCUT2D eigenvalue weighted by molar-refractivity contribution is 5.96. The molecule has 1 aliphatic heterocycles. The third-order valence-corrected chi connectivity index (χ3v) is 7.90. The lowest BCUT2D eigenvalue weighted by atomic mass is 9.85. The molecule has 10 heteroatoms. The van der Waals surface area contributed by atoms with Crippen molar-refractivity contribution in [2.45, 2.75) is 58.9 Å². The quantitative estimate of drug-likeness (QED) is 0.473. The maximum absolute atomic E-state index is 13.4. The van der Waals surface area contributed by atoms with Crippen molar-refractivity contribution >= 4 is 29.0 Å². The standard InChI is InChI=1S/C27H36N8O2/c1-16-17(10-22(36)20-9-18-11-27(2,3)12-21(18)34(20)5)7-6-8-35(16)23-14-29-24(25(28)37)26(32-23)31-19-13-30-33(4)15-19/h9,13-17H,6-8,10-12H2,1-5H3,(H2,28,37)(H,31,32)/t16-,17+/m1/s1. The molecule has 0 unspecified atom stereocenters. The minimum absolute atomic E-state index is 0.0731. The number of nitrogens with one attached hydrogen (secondary N) is 1. The lowest BCUT2D eigenvalue weighted by Crippen LogP contribution is -2.44. The summed E-state index contributed by atoms with van der Waals surface area (Å²) in [5, 5.41) is 7.27. The molecule has 3 N–H and O–H groups in total. The molecule has 3 aromatic rings. The number of amides is 1. The molecule has 0 aromatic carbocycles. The molecule has 0 radical (unpaired) electrons. The minimum Gasteiger partial charge on any atom is -0.364 e. The van der Waals surface area contributed by atoms with Crippen LogP contribution in [0.3, 0.4) is 0 Å². The van der Waals surface area contributed by atoms with Gasteiger partial charge in [0, 0.05) is 45.0 Å². The smallest absolute Gasteiger partial charge is 0.271 e. The fraction of sp³-hybridized carbons (Fsp3) is 0.519. The van der Waals surface area contributed by atoms with E-state index in [1.165, 1.54) is 11.3 Å². The lowest BCUT2D eigenvalue weighted by molar-refractivity contribution is 0.0936. The number of carbonyl (C=O) groups excluding carboxylic acids is 2. The molecule has 1 fully saturated rings.